The fourth-order valence-corrected chi connectivity index (χ4v) is 2.84. The summed E-state index contributed by atoms with van der Waals surface area (Å²) in [5.41, 5.74) is 2.43. The van der Waals surface area contributed by atoms with Gasteiger partial charge in [-0.25, -0.2) is 4.39 Å². The quantitative estimate of drug-likeness (QED) is 0.642. The highest BCUT2D eigenvalue weighted by Crippen LogP contribution is 2.23. The van der Waals surface area contributed by atoms with Crippen LogP contribution < -0.4 is 5.32 Å². The fraction of sp³-hybridized carbons (Fsp3) is 0.130. The summed E-state index contributed by atoms with van der Waals surface area (Å²) in [6.07, 6.45) is 0. The Kier molecular flexibility index (Phi) is 5.46. The highest BCUT2D eigenvalue weighted by atomic mass is 19.1. The van der Waals surface area contributed by atoms with Gasteiger partial charge >= 0.3 is 0 Å². The molecule has 27 heavy (non-hydrogen) atoms. The SMILES string of the molecule is Cc1cccc(NC(=O)[C@H](C)c2cccc(C(=O)c3ccccc3)c2)c1F. The Morgan fingerprint density at radius 1 is 0.889 bits per heavy atom. The summed E-state index contributed by atoms with van der Waals surface area (Å²) in [5, 5.41) is 2.63. The summed E-state index contributed by atoms with van der Waals surface area (Å²) in [5.74, 6) is -1.40. The number of hydrogen-bond acceptors (Lipinski definition) is 2. The van der Waals surface area contributed by atoms with E-state index in [0.29, 0.717) is 22.3 Å². The number of amides is 1. The maximum absolute atomic E-state index is 14.1. The lowest BCUT2D eigenvalue weighted by molar-refractivity contribution is -0.117. The highest BCUT2D eigenvalue weighted by Gasteiger charge is 2.19. The molecule has 3 aromatic rings. The molecule has 0 aliphatic rings. The smallest absolute Gasteiger partial charge is 0.231 e. The number of aryl methyl sites for hydroxylation is 1. The van der Waals surface area contributed by atoms with Crippen molar-refractivity contribution >= 4 is 17.4 Å². The van der Waals surface area contributed by atoms with Crippen molar-refractivity contribution in [1.29, 1.82) is 0 Å². The molecule has 3 aromatic carbocycles. The van der Waals surface area contributed by atoms with E-state index in [9.17, 15) is 14.0 Å². The second-order valence-electron chi connectivity index (χ2n) is 6.47. The lowest BCUT2D eigenvalue weighted by Gasteiger charge is -2.14. The van der Waals surface area contributed by atoms with Gasteiger partial charge in [-0.1, -0.05) is 60.7 Å². The van der Waals surface area contributed by atoms with Crippen LogP contribution >= 0.6 is 0 Å². The van der Waals surface area contributed by atoms with Crippen molar-refractivity contribution in [3.05, 3.63) is 101 Å². The van der Waals surface area contributed by atoms with E-state index >= 15 is 0 Å². The van der Waals surface area contributed by atoms with Crippen molar-refractivity contribution in [2.45, 2.75) is 19.8 Å². The highest BCUT2D eigenvalue weighted by molar-refractivity contribution is 6.09. The number of halogens is 1. The average Bonchev–Trinajstić information content (AvgIpc) is 2.71. The van der Waals surface area contributed by atoms with Crippen LogP contribution in [0.4, 0.5) is 10.1 Å². The monoisotopic (exact) mass is 361 g/mol. The zero-order valence-electron chi connectivity index (χ0n) is 15.2. The van der Waals surface area contributed by atoms with Gasteiger partial charge in [-0.2, -0.15) is 0 Å². The summed E-state index contributed by atoms with van der Waals surface area (Å²) >= 11 is 0. The number of rotatable bonds is 5. The summed E-state index contributed by atoms with van der Waals surface area (Å²) in [6, 6.07) is 20.8. The first kappa shape index (κ1) is 18.5. The molecule has 1 N–H and O–H groups in total. The number of carbonyl (C=O) groups is 2. The minimum atomic E-state index is -0.534. The molecule has 0 aliphatic heterocycles. The van der Waals surface area contributed by atoms with Crippen molar-refractivity contribution in [1.82, 2.24) is 0 Å². The summed E-state index contributed by atoms with van der Waals surface area (Å²) in [7, 11) is 0. The molecule has 1 amide bonds. The zero-order valence-corrected chi connectivity index (χ0v) is 15.2. The molecule has 0 radical (unpaired) electrons. The van der Waals surface area contributed by atoms with Crippen molar-refractivity contribution in [2.24, 2.45) is 0 Å². The van der Waals surface area contributed by atoms with Gasteiger partial charge in [0.25, 0.3) is 0 Å². The number of anilines is 1. The van der Waals surface area contributed by atoms with E-state index < -0.39 is 11.7 Å². The molecule has 0 unspecified atom stereocenters. The number of nitrogens with one attached hydrogen (secondary N) is 1. The first-order valence-electron chi connectivity index (χ1n) is 8.73. The molecule has 3 nitrogen and oxygen atoms in total. The number of benzene rings is 3. The van der Waals surface area contributed by atoms with E-state index in [2.05, 4.69) is 5.32 Å². The van der Waals surface area contributed by atoms with Crippen LogP contribution in [0.15, 0.2) is 72.8 Å². The Bertz CT molecular complexity index is 983. The minimum Gasteiger partial charge on any atom is -0.323 e. The van der Waals surface area contributed by atoms with E-state index in [1.807, 2.05) is 18.2 Å². The van der Waals surface area contributed by atoms with Gasteiger partial charge in [0.2, 0.25) is 5.91 Å². The Balaban J connectivity index is 1.81. The third-order valence-corrected chi connectivity index (χ3v) is 4.53. The molecule has 4 heteroatoms. The van der Waals surface area contributed by atoms with Crippen molar-refractivity contribution in [2.75, 3.05) is 5.32 Å². The number of carbonyl (C=O) groups excluding carboxylic acids is 2. The largest absolute Gasteiger partial charge is 0.323 e. The molecule has 0 fully saturated rings. The van der Waals surface area contributed by atoms with Crippen LogP contribution in [0.25, 0.3) is 0 Å². The average molecular weight is 361 g/mol. The van der Waals surface area contributed by atoms with Gasteiger partial charge < -0.3 is 5.32 Å². The molecule has 0 aliphatic carbocycles. The Hall–Kier alpha value is -3.27. The fourth-order valence-electron chi connectivity index (χ4n) is 2.84. The van der Waals surface area contributed by atoms with Gasteiger partial charge in [0.15, 0.2) is 5.78 Å². The molecule has 0 heterocycles. The van der Waals surface area contributed by atoms with Crippen LogP contribution in [0, 0.1) is 12.7 Å². The van der Waals surface area contributed by atoms with Gasteiger partial charge in [0, 0.05) is 11.1 Å². The molecule has 0 saturated carbocycles. The zero-order chi connectivity index (χ0) is 19.4. The molecule has 0 aromatic heterocycles. The first-order valence-corrected chi connectivity index (χ1v) is 8.73. The van der Waals surface area contributed by atoms with Gasteiger partial charge in [-0.05, 0) is 37.1 Å². The van der Waals surface area contributed by atoms with Gasteiger partial charge in [0.1, 0.15) is 5.82 Å². The third kappa shape index (κ3) is 4.11. The van der Waals surface area contributed by atoms with Crippen molar-refractivity contribution in [3.8, 4) is 0 Å². The van der Waals surface area contributed by atoms with Crippen LogP contribution in [-0.2, 0) is 4.79 Å². The summed E-state index contributed by atoms with van der Waals surface area (Å²) < 4.78 is 14.1. The van der Waals surface area contributed by atoms with Crippen LogP contribution in [0.2, 0.25) is 0 Å². The van der Waals surface area contributed by atoms with Crippen LogP contribution in [0.3, 0.4) is 0 Å². The third-order valence-electron chi connectivity index (χ3n) is 4.53. The molecule has 3 rings (SSSR count). The predicted octanol–water partition coefficient (Wildman–Crippen LogP) is 5.11. The number of ketones is 1. The molecule has 136 valence electrons. The van der Waals surface area contributed by atoms with Gasteiger partial charge in [-0.15, -0.1) is 0 Å². The van der Waals surface area contributed by atoms with E-state index in [1.54, 1.807) is 62.4 Å². The molecule has 0 spiro atoms. The molecule has 0 bridgehead atoms. The molecule has 0 saturated heterocycles. The maximum Gasteiger partial charge on any atom is 0.231 e. The van der Waals surface area contributed by atoms with E-state index in [4.69, 9.17) is 0 Å². The Labute approximate surface area is 157 Å². The number of hydrogen-bond donors (Lipinski definition) is 1. The van der Waals surface area contributed by atoms with Crippen LogP contribution in [0.1, 0.15) is 39.9 Å². The van der Waals surface area contributed by atoms with Crippen molar-refractivity contribution in [3.63, 3.8) is 0 Å². The maximum atomic E-state index is 14.1. The van der Waals surface area contributed by atoms with Crippen LogP contribution in [-0.4, -0.2) is 11.7 Å². The van der Waals surface area contributed by atoms with Gasteiger partial charge in [-0.3, -0.25) is 9.59 Å². The van der Waals surface area contributed by atoms with E-state index in [0.717, 1.165) is 0 Å². The second kappa shape index (κ2) is 7.96. The Morgan fingerprint density at radius 2 is 1.56 bits per heavy atom. The van der Waals surface area contributed by atoms with E-state index in [-0.39, 0.29) is 17.4 Å². The summed E-state index contributed by atoms with van der Waals surface area (Å²) in [4.78, 5) is 25.2. The van der Waals surface area contributed by atoms with E-state index in [1.165, 1.54) is 6.07 Å². The first-order chi connectivity index (χ1) is 13.0. The normalized spacial score (nSPS) is 11.7. The molecule has 1 atom stereocenters. The topological polar surface area (TPSA) is 46.2 Å². The Morgan fingerprint density at radius 3 is 2.30 bits per heavy atom. The van der Waals surface area contributed by atoms with Crippen LogP contribution in [0.5, 0.6) is 0 Å². The second-order valence-corrected chi connectivity index (χ2v) is 6.47. The minimum absolute atomic E-state index is 0.102. The lowest BCUT2D eigenvalue weighted by Crippen LogP contribution is -2.20. The molecular weight excluding hydrogens is 341 g/mol. The van der Waals surface area contributed by atoms with Gasteiger partial charge in [0.05, 0.1) is 11.6 Å². The van der Waals surface area contributed by atoms with Crippen molar-refractivity contribution < 1.29 is 14.0 Å². The lowest BCUT2D eigenvalue weighted by atomic mass is 9.95. The standard InChI is InChI=1S/C23H20FNO2/c1-15-8-6-13-20(21(15)24)25-23(27)16(2)18-11-7-12-19(14-18)22(26)17-9-4-3-5-10-17/h3-14,16H,1-2H3,(H,25,27)/t16-/m1/s1. The molecular formula is C23H20FNO2. The predicted molar refractivity (Wildman–Crippen MR) is 104 cm³/mol. The summed E-state index contributed by atoms with van der Waals surface area (Å²) in [6.45, 7) is 3.38.